The van der Waals surface area contributed by atoms with Crippen LogP contribution in [0.15, 0.2) is 47.9 Å². The maximum absolute atomic E-state index is 15.9. The van der Waals surface area contributed by atoms with Gasteiger partial charge in [0.25, 0.3) is 0 Å². The highest BCUT2D eigenvalue weighted by molar-refractivity contribution is 5.91. The van der Waals surface area contributed by atoms with Gasteiger partial charge in [-0.15, -0.1) is 0 Å². The Morgan fingerprint density at radius 1 is 1.14 bits per heavy atom. The first kappa shape index (κ1) is 28.8. The highest BCUT2D eigenvalue weighted by Crippen LogP contribution is 2.37. The molecule has 1 N–H and O–H groups in total. The molecule has 0 bridgehead atoms. The zero-order chi connectivity index (χ0) is 30.5. The molecule has 1 amide bonds. The molecule has 9 nitrogen and oxygen atoms in total. The number of phenols is 1. The van der Waals surface area contributed by atoms with Crippen molar-refractivity contribution < 1.29 is 18.7 Å². The number of carbonyl (C=O) groups is 1. The third-order valence-corrected chi connectivity index (χ3v) is 7.66. The molecule has 1 saturated heterocycles. The minimum Gasteiger partial charge on any atom is -0.507 e. The molecule has 42 heavy (non-hydrogen) atoms. The van der Waals surface area contributed by atoms with Gasteiger partial charge in [0.05, 0.1) is 22.3 Å². The van der Waals surface area contributed by atoms with Crippen molar-refractivity contribution in [1.82, 2.24) is 24.4 Å². The second-order valence-electron chi connectivity index (χ2n) is 10.9. The Balaban J connectivity index is 1.85. The van der Waals surface area contributed by atoms with Crippen LogP contribution in [0.1, 0.15) is 43.5 Å². The summed E-state index contributed by atoms with van der Waals surface area (Å²) in [6.07, 6.45) is 2.90. The second kappa shape index (κ2) is 11.0. The Bertz CT molecular complexity index is 1800. The number of amides is 1. The van der Waals surface area contributed by atoms with Gasteiger partial charge in [-0.3, -0.25) is 9.78 Å². The number of benzene rings is 1. The van der Waals surface area contributed by atoms with E-state index in [1.54, 1.807) is 17.2 Å². The number of aryl methyl sites for hydroxylation is 2. The van der Waals surface area contributed by atoms with Gasteiger partial charge in [0.2, 0.25) is 5.91 Å². The molecule has 1 fully saturated rings. The number of hydrogen-bond donors (Lipinski definition) is 1. The summed E-state index contributed by atoms with van der Waals surface area (Å²) >= 11 is 0. The number of pyridine rings is 2. The molecule has 1 aromatic carbocycles. The molecule has 0 spiro atoms. The number of anilines is 1. The van der Waals surface area contributed by atoms with Crippen LogP contribution in [0, 0.1) is 25.5 Å². The number of carbonyl (C=O) groups excluding carboxylic acids is 1. The zero-order valence-corrected chi connectivity index (χ0v) is 24.2. The fraction of sp³-hybridized carbons (Fsp3) is 0.323. The predicted octanol–water partition coefficient (Wildman–Crippen LogP) is 4.79. The predicted molar refractivity (Wildman–Crippen MR) is 157 cm³/mol. The molecule has 4 heterocycles. The maximum Gasteiger partial charge on any atom is 0.355 e. The van der Waals surface area contributed by atoms with E-state index in [0.29, 0.717) is 36.6 Å². The maximum atomic E-state index is 15.9. The van der Waals surface area contributed by atoms with Crippen LogP contribution < -0.4 is 10.6 Å². The minimum atomic E-state index is -0.893. The summed E-state index contributed by atoms with van der Waals surface area (Å²) < 4.78 is 32.5. The van der Waals surface area contributed by atoms with Crippen LogP contribution >= 0.6 is 0 Å². The standard InChI is InChI=1S/C31H32F2N6O3/c1-7-23(41)37-12-13-38(19(6)15-37)29-20-14-21(32)27(24-22(40)9-8-17(4)25(24)33)35-30(20)39(31(42)36-29)28-18(5)10-11-34-26(28)16(2)3/h7-11,14,16,19,40H,1,12-13,15H2,2-6H3/t19-/m0/s1. The molecule has 0 saturated carbocycles. The number of piperazine rings is 1. The van der Waals surface area contributed by atoms with Crippen molar-refractivity contribution in [3.8, 4) is 22.7 Å². The fourth-order valence-corrected chi connectivity index (χ4v) is 5.48. The van der Waals surface area contributed by atoms with Crippen molar-refractivity contribution in [3.05, 3.63) is 82.1 Å². The summed E-state index contributed by atoms with van der Waals surface area (Å²) in [7, 11) is 0. The van der Waals surface area contributed by atoms with Crippen molar-refractivity contribution in [2.45, 2.75) is 46.6 Å². The topological polar surface area (TPSA) is 104 Å². The van der Waals surface area contributed by atoms with Crippen LogP contribution in [0.2, 0.25) is 0 Å². The highest BCUT2D eigenvalue weighted by atomic mass is 19.1. The molecular formula is C31H32F2N6O3. The Labute approximate surface area is 241 Å². The van der Waals surface area contributed by atoms with E-state index >= 15 is 8.78 Å². The molecule has 218 valence electrons. The van der Waals surface area contributed by atoms with Gasteiger partial charge in [0, 0.05) is 31.9 Å². The van der Waals surface area contributed by atoms with Crippen LogP contribution in [0.5, 0.6) is 5.75 Å². The second-order valence-corrected chi connectivity index (χ2v) is 10.9. The van der Waals surface area contributed by atoms with Gasteiger partial charge in [0.15, 0.2) is 11.5 Å². The van der Waals surface area contributed by atoms with Crippen molar-refractivity contribution in [2.24, 2.45) is 0 Å². The number of hydrogen-bond acceptors (Lipinski definition) is 7. The number of aromatic nitrogens is 4. The van der Waals surface area contributed by atoms with E-state index in [-0.39, 0.29) is 40.3 Å². The molecule has 3 aromatic heterocycles. The lowest BCUT2D eigenvalue weighted by atomic mass is 10.0. The first-order valence-electron chi connectivity index (χ1n) is 13.7. The van der Waals surface area contributed by atoms with E-state index in [4.69, 9.17) is 0 Å². The molecule has 11 heteroatoms. The molecular weight excluding hydrogens is 542 g/mol. The minimum absolute atomic E-state index is 0.0384. The first-order valence-corrected chi connectivity index (χ1v) is 13.7. The molecule has 1 atom stereocenters. The van der Waals surface area contributed by atoms with Gasteiger partial charge in [-0.1, -0.05) is 26.5 Å². The van der Waals surface area contributed by atoms with Crippen molar-refractivity contribution in [2.75, 3.05) is 24.5 Å². The number of aromatic hydroxyl groups is 1. The van der Waals surface area contributed by atoms with Crippen LogP contribution in [0.4, 0.5) is 14.6 Å². The molecule has 0 aliphatic carbocycles. The molecule has 5 rings (SSSR count). The van der Waals surface area contributed by atoms with Crippen LogP contribution in [0.3, 0.4) is 0 Å². The number of phenolic OH excluding ortho intramolecular Hbond substituents is 1. The number of fused-ring (bicyclic) bond motifs is 1. The lowest BCUT2D eigenvalue weighted by Crippen LogP contribution is -2.54. The number of halogens is 2. The smallest absolute Gasteiger partial charge is 0.355 e. The Kier molecular flexibility index (Phi) is 7.53. The van der Waals surface area contributed by atoms with Gasteiger partial charge >= 0.3 is 5.69 Å². The van der Waals surface area contributed by atoms with Gasteiger partial charge in [-0.25, -0.2) is 23.1 Å². The summed E-state index contributed by atoms with van der Waals surface area (Å²) in [5.74, 6) is -2.29. The SMILES string of the molecule is C=CC(=O)N1CCN(c2nc(=O)n(-c3c(C)ccnc3C(C)C)c3nc(-c4c(O)ccc(C)c4F)c(F)cc23)[C@@H](C)C1. The fourth-order valence-electron chi connectivity index (χ4n) is 5.48. The van der Waals surface area contributed by atoms with E-state index in [1.165, 1.54) is 35.8 Å². The average molecular weight is 575 g/mol. The van der Waals surface area contributed by atoms with Crippen molar-refractivity contribution in [1.29, 1.82) is 0 Å². The van der Waals surface area contributed by atoms with E-state index in [1.807, 2.05) is 32.6 Å². The average Bonchev–Trinajstić information content (AvgIpc) is 2.95. The van der Waals surface area contributed by atoms with Gasteiger partial charge in [0.1, 0.15) is 23.1 Å². The highest BCUT2D eigenvalue weighted by Gasteiger charge is 2.31. The van der Waals surface area contributed by atoms with Gasteiger partial charge in [-0.2, -0.15) is 4.98 Å². The van der Waals surface area contributed by atoms with E-state index in [0.717, 1.165) is 0 Å². The summed E-state index contributed by atoms with van der Waals surface area (Å²) in [6.45, 7) is 13.6. The molecule has 4 aromatic rings. The Morgan fingerprint density at radius 3 is 2.55 bits per heavy atom. The third-order valence-electron chi connectivity index (χ3n) is 7.66. The molecule has 0 radical (unpaired) electrons. The van der Waals surface area contributed by atoms with Crippen LogP contribution in [-0.2, 0) is 4.79 Å². The summed E-state index contributed by atoms with van der Waals surface area (Å²) in [5.41, 5.74) is 0.502. The zero-order valence-electron chi connectivity index (χ0n) is 24.2. The Morgan fingerprint density at radius 2 is 1.88 bits per heavy atom. The largest absolute Gasteiger partial charge is 0.507 e. The van der Waals surface area contributed by atoms with Crippen molar-refractivity contribution in [3.63, 3.8) is 0 Å². The van der Waals surface area contributed by atoms with E-state index in [2.05, 4.69) is 21.5 Å². The molecule has 1 aliphatic heterocycles. The summed E-state index contributed by atoms with van der Waals surface area (Å²) in [4.78, 5) is 43.1. The molecule has 0 unspecified atom stereocenters. The summed E-state index contributed by atoms with van der Waals surface area (Å²) in [6, 6.07) is 5.31. The van der Waals surface area contributed by atoms with Gasteiger partial charge in [-0.05, 0) is 62.1 Å². The number of rotatable bonds is 5. The van der Waals surface area contributed by atoms with E-state index < -0.39 is 34.3 Å². The van der Waals surface area contributed by atoms with Crippen LogP contribution in [0.25, 0.3) is 28.0 Å². The summed E-state index contributed by atoms with van der Waals surface area (Å²) in [5, 5.41) is 10.8. The number of nitrogens with zero attached hydrogens (tertiary/aromatic N) is 6. The lowest BCUT2D eigenvalue weighted by molar-refractivity contribution is -0.126. The van der Waals surface area contributed by atoms with Crippen LogP contribution in [-0.4, -0.2) is 61.1 Å². The van der Waals surface area contributed by atoms with E-state index in [9.17, 15) is 14.7 Å². The third kappa shape index (κ3) is 4.78. The first-order chi connectivity index (χ1) is 19.9. The van der Waals surface area contributed by atoms with Gasteiger partial charge < -0.3 is 14.9 Å². The lowest BCUT2D eigenvalue weighted by Gasteiger charge is -2.40. The van der Waals surface area contributed by atoms with Crippen molar-refractivity contribution >= 4 is 22.8 Å². The normalized spacial score (nSPS) is 15.5. The molecule has 1 aliphatic rings. The quantitative estimate of drug-likeness (QED) is 0.342. The monoisotopic (exact) mass is 574 g/mol. The Hall–Kier alpha value is -4.67.